The number of benzene rings is 2. The Labute approximate surface area is 142 Å². The van der Waals surface area contributed by atoms with Gasteiger partial charge in [0.05, 0.1) is 6.04 Å². The Hall–Kier alpha value is -2.68. The molecule has 0 fully saturated rings. The highest BCUT2D eigenvalue weighted by molar-refractivity contribution is 5.74. The number of nitrogens with one attached hydrogen (secondary N) is 1. The summed E-state index contributed by atoms with van der Waals surface area (Å²) in [7, 11) is 0. The van der Waals surface area contributed by atoms with E-state index < -0.39 is 0 Å². The lowest BCUT2D eigenvalue weighted by Crippen LogP contribution is -2.32. The van der Waals surface area contributed by atoms with Crippen LogP contribution >= 0.6 is 0 Å². The summed E-state index contributed by atoms with van der Waals surface area (Å²) in [6, 6.07) is 18.7. The van der Waals surface area contributed by atoms with Crippen LogP contribution in [0.25, 0.3) is 0 Å². The predicted octanol–water partition coefficient (Wildman–Crippen LogP) is 4.39. The lowest BCUT2D eigenvalue weighted by molar-refractivity contribution is 0.112. The maximum Gasteiger partial charge on any atom is 0.150 e. The van der Waals surface area contributed by atoms with Gasteiger partial charge in [0.25, 0.3) is 0 Å². The lowest BCUT2D eigenvalue weighted by Gasteiger charge is -2.36. The summed E-state index contributed by atoms with van der Waals surface area (Å²) < 4.78 is 0. The number of allylic oxidation sites excluding steroid dienone is 1. The molecule has 0 saturated heterocycles. The van der Waals surface area contributed by atoms with Crippen LogP contribution in [0.1, 0.15) is 52.7 Å². The first-order valence-electron chi connectivity index (χ1n) is 8.46. The molecule has 2 aromatic carbocycles. The van der Waals surface area contributed by atoms with Gasteiger partial charge >= 0.3 is 0 Å². The minimum Gasteiger partial charge on any atom is -0.363 e. The molecular weight excluding hydrogens is 296 g/mol. The van der Waals surface area contributed by atoms with E-state index in [1.165, 1.54) is 16.7 Å². The van der Waals surface area contributed by atoms with Crippen molar-refractivity contribution < 1.29 is 4.79 Å². The summed E-state index contributed by atoms with van der Waals surface area (Å²) in [5.41, 5.74) is 4.67. The van der Waals surface area contributed by atoms with Gasteiger partial charge in [-0.1, -0.05) is 54.6 Å². The van der Waals surface area contributed by atoms with Gasteiger partial charge < -0.3 is 5.32 Å². The van der Waals surface area contributed by atoms with Gasteiger partial charge in [-0.15, -0.1) is 0 Å². The molecule has 4 rings (SSSR count). The molecule has 0 bridgehead atoms. The molecule has 24 heavy (non-hydrogen) atoms. The van der Waals surface area contributed by atoms with Crippen LogP contribution in [0.3, 0.4) is 0 Å². The second-order valence-electron chi connectivity index (χ2n) is 6.43. The third-order valence-corrected chi connectivity index (χ3v) is 4.95. The second kappa shape index (κ2) is 6.44. The van der Waals surface area contributed by atoms with Crippen LogP contribution in [-0.4, -0.2) is 12.5 Å². The summed E-state index contributed by atoms with van der Waals surface area (Å²) in [6.45, 7) is 0. The number of aldehydes is 1. The normalized spacial score (nSPS) is 22.7. The molecule has 2 aromatic rings. The average molecular weight is 316 g/mol. The van der Waals surface area contributed by atoms with E-state index in [9.17, 15) is 4.79 Å². The van der Waals surface area contributed by atoms with Crippen LogP contribution in [-0.2, 0) is 0 Å². The van der Waals surface area contributed by atoms with Crippen LogP contribution in [0, 0.1) is 0 Å². The smallest absolute Gasteiger partial charge is 0.150 e. The van der Waals surface area contributed by atoms with E-state index in [1.807, 2.05) is 18.3 Å². The first kappa shape index (κ1) is 14.9. The zero-order chi connectivity index (χ0) is 16.4. The molecule has 2 aliphatic rings. The third kappa shape index (κ3) is 2.78. The standard InChI is InChI=1S/C21H20N2O/c24-14-15-8-10-17(11-9-15)20-19(16-5-2-1-3-6-16)13-18-7-4-12-22-21(18)23-20/h1-3,5-6,8-12,14,19-20,23H,4,7,13H2. The molecule has 0 amide bonds. The van der Waals surface area contributed by atoms with Crippen molar-refractivity contribution in [3.05, 3.63) is 82.7 Å². The quantitative estimate of drug-likeness (QED) is 0.853. The molecule has 0 radical (unpaired) electrons. The van der Waals surface area contributed by atoms with Crippen LogP contribution in [0.4, 0.5) is 0 Å². The third-order valence-electron chi connectivity index (χ3n) is 4.95. The second-order valence-corrected chi connectivity index (χ2v) is 6.43. The molecular formula is C21H20N2O. The Morgan fingerprint density at radius 2 is 1.79 bits per heavy atom. The SMILES string of the molecule is O=Cc1ccc(C2NC3=C(CCC=N3)CC2c2ccccc2)cc1. The van der Waals surface area contributed by atoms with Crippen molar-refractivity contribution in [2.24, 2.45) is 4.99 Å². The molecule has 0 aliphatic carbocycles. The number of hydrogen-bond donors (Lipinski definition) is 1. The highest BCUT2D eigenvalue weighted by Crippen LogP contribution is 2.42. The predicted molar refractivity (Wildman–Crippen MR) is 96.3 cm³/mol. The van der Waals surface area contributed by atoms with Gasteiger partial charge in [-0.05, 0) is 36.0 Å². The van der Waals surface area contributed by atoms with Crippen LogP contribution in [0.2, 0.25) is 0 Å². The minimum absolute atomic E-state index is 0.169. The van der Waals surface area contributed by atoms with Gasteiger partial charge in [0, 0.05) is 17.7 Å². The lowest BCUT2D eigenvalue weighted by atomic mass is 9.79. The van der Waals surface area contributed by atoms with E-state index >= 15 is 0 Å². The number of carbonyl (C=O) groups is 1. The van der Waals surface area contributed by atoms with Crippen LogP contribution < -0.4 is 5.32 Å². The summed E-state index contributed by atoms with van der Waals surface area (Å²) >= 11 is 0. The maximum absolute atomic E-state index is 10.9. The first-order valence-corrected chi connectivity index (χ1v) is 8.46. The Morgan fingerprint density at radius 1 is 1.00 bits per heavy atom. The van der Waals surface area contributed by atoms with Crippen molar-refractivity contribution in [2.45, 2.75) is 31.2 Å². The van der Waals surface area contributed by atoms with E-state index in [0.29, 0.717) is 11.5 Å². The molecule has 0 spiro atoms. The van der Waals surface area contributed by atoms with E-state index in [0.717, 1.165) is 31.4 Å². The number of nitrogens with zero attached hydrogens (tertiary/aromatic N) is 1. The monoisotopic (exact) mass is 316 g/mol. The van der Waals surface area contributed by atoms with Gasteiger partial charge in [-0.2, -0.15) is 0 Å². The summed E-state index contributed by atoms with van der Waals surface area (Å²) in [5.74, 6) is 1.42. The largest absolute Gasteiger partial charge is 0.363 e. The molecule has 120 valence electrons. The molecule has 2 aliphatic heterocycles. The fraction of sp³-hybridized carbons (Fsp3) is 0.238. The molecule has 2 heterocycles. The molecule has 2 atom stereocenters. The van der Waals surface area contributed by atoms with Crippen molar-refractivity contribution in [1.29, 1.82) is 0 Å². The Balaban J connectivity index is 1.74. The topological polar surface area (TPSA) is 41.5 Å². The number of rotatable bonds is 3. The van der Waals surface area contributed by atoms with E-state index in [4.69, 9.17) is 0 Å². The van der Waals surface area contributed by atoms with Gasteiger partial charge in [0.1, 0.15) is 12.1 Å². The van der Waals surface area contributed by atoms with Crippen molar-refractivity contribution in [1.82, 2.24) is 5.32 Å². The van der Waals surface area contributed by atoms with Crippen LogP contribution in [0.15, 0.2) is 71.0 Å². The van der Waals surface area contributed by atoms with Crippen molar-refractivity contribution in [3.8, 4) is 0 Å². The zero-order valence-corrected chi connectivity index (χ0v) is 13.5. The molecule has 3 heteroatoms. The van der Waals surface area contributed by atoms with Gasteiger partial charge in [0.2, 0.25) is 0 Å². The number of hydrogen-bond acceptors (Lipinski definition) is 3. The van der Waals surface area contributed by atoms with Gasteiger partial charge in [-0.25, -0.2) is 4.99 Å². The van der Waals surface area contributed by atoms with E-state index in [2.05, 4.69) is 52.8 Å². The van der Waals surface area contributed by atoms with Gasteiger partial charge in [-0.3, -0.25) is 4.79 Å². The van der Waals surface area contributed by atoms with Crippen molar-refractivity contribution >= 4 is 12.5 Å². The minimum atomic E-state index is 0.169. The Kier molecular flexibility index (Phi) is 3.99. The first-order chi connectivity index (χ1) is 11.8. The highest BCUT2D eigenvalue weighted by Gasteiger charge is 2.32. The zero-order valence-electron chi connectivity index (χ0n) is 13.5. The highest BCUT2D eigenvalue weighted by atomic mass is 16.1. The average Bonchev–Trinajstić information content (AvgIpc) is 2.68. The van der Waals surface area contributed by atoms with E-state index in [1.54, 1.807) is 0 Å². The summed E-state index contributed by atoms with van der Waals surface area (Å²) in [4.78, 5) is 15.5. The van der Waals surface area contributed by atoms with Crippen molar-refractivity contribution in [3.63, 3.8) is 0 Å². The summed E-state index contributed by atoms with van der Waals surface area (Å²) in [5, 5.41) is 3.65. The van der Waals surface area contributed by atoms with E-state index in [-0.39, 0.29) is 6.04 Å². The Morgan fingerprint density at radius 3 is 2.54 bits per heavy atom. The Bertz CT molecular complexity index is 790. The molecule has 1 N–H and O–H groups in total. The van der Waals surface area contributed by atoms with Crippen LogP contribution in [0.5, 0.6) is 0 Å². The number of carbonyl (C=O) groups excluding carboxylic acids is 1. The summed E-state index contributed by atoms with van der Waals surface area (Å²) in [6.07, 6.45) is 6.04. The maximum atomic E-state index is 10.9. The molecule has 3 nitrogen and oxygen atoms in total. The molecule has 0 aromatic heterocycles. The molecule has 2 unspecified atom stereocenters. The fourth-order valence-corrected chi connectivity index (χ4v) is 3.68. The fourth-order valence-electron chi connectivity index (χ4n) is 3.68. The number of aliphatic imine (C=N–C) groups is 1. The molecule has 0 saturated carbocycles. The van der Waals surface area contributed by atoms with Crippen molar-refractivity contribution in [2.75, 3.05) is 0 Å². The van der Waals surface area contributed by atoms with Gasteiger partial charge in [0.15, 0.2) is 0 Å².